The molecule has 0 aliphatic carbocycles. The summed E-state index contributed by atoms with van der Waals surface area (Å²) in [5.41, 5.74) is 3.43. The molecule has 0 spiro atoms. The fourth-order valence-corrected chi connectivity index (χ4v) is 1.02. The molecule has 2 heteroatoms. The second-order valence-corrected chi connectivity index (χ2v) is 2.59. The van der Waals surface area contributed by atoms with Gasteiger partial charge in [-0.25, -0.2) is 0 Å². The summed E-state index contributed by atoms with van der Waals surface area (Å²) in [4.78, 5) is 0. The van der Waals surface area contributed by atoms with Crippen LogP contribution in [-0.4, -0.2) is 12.5 Å². The van der Waals surface area contributed by atoms with Crippen molar-refractivity contribution in [1.82, 2.24) is 0 Å². The quantitative estimate of drug-likeness (QED) is 0.546. The van der Waals surface area contributed by atoms with Gasteiger partial charge >= 0.3 is 7.48 Å². The lowest BCUT2D eigenvalue weighted by Gasteiger charge is -2.00. The van der Waals surface area contributed by atoms with E-state index in [-0.39, 0.29) is 7.48 Å². The van der Waals surface area contributed by atoms with Gasteiger partial charge in [-0.3, -0.25) is 0 Å². The van der Waals surface area contributed by atoms with Gasteiger partial charge in [0.25, 0.3) is 0 Å². The highest BCUT2D eigenvalue weighted by Gasteiger charge is 1.96. The van der Waals surface area contributed by atoms with Gasteiger partial charge in [0.1, 0.15) is 0 Å². The first-order valence-electron chi connectivity index (χ1n) is 3.41. The first-order chi connectivity index (χ1) is 4.74. The molecule has 0 heterocycles. The van der Waals surface area contributed by atoms with Crippen molar-refractivity contribution in [3.8, 4) is 0 Å². The molecular formula is C8H11BO. The zero-order valence-electron chi connectivity index (χ0n) is 6.39. The van der Waals surface area contributed by atoms with Gasteiger partial charge in [0, 0.05) is 0 Å². The van der Waals surface area contributed by atoms with Crippen LogP contribution in [0.4, 0.5) is 0 Å². The zero-order chi connectivity index (χ0) is 7.56. The third-order valence-electron chi connectivity index (χ3n) is 1.67. The van der Waals surface area contributed by atoms with Crippen molar-refractivity contribution in [2.45, 2.75) is 13.8 Å². The minimum absolute atomic E-state index is 0.145. The lowest BCUT2D eigenvalue weighted by Crippen LogP contribution is -2.16. The summed E-state index contributed by atoms with van der Waals surface area (Å²) in [5.74, 6) is 0. The van der Waals surface area contributed by atoms with E-state index in [9.17, 15) is 0 Å². The molecule has 52 valence electrons. The summed E-state index contributed by atoms with van der Waals surface area (Å²) in [5, 5.41) is 8.81. The SMILES string of the molecule is Cc1ccc(BO)c(C)c1. The summed E-state index contributed by atoms with van der Waals surface area (Å²) >= 11 is 0. The van der Waals surface area contributed by atoms with Gasteiger partial charge in [0.2, 0.25) is 0 Å². The first kappa shape index (κ1) is 7.35. The maximum Gasteiger partial charge on any atom is 0.305 e. The molecule has 0 unspecified atom stereocenters. The molecule has 0 radical (unpaired) electrons. The van der Waals surface area contributed by atoms with Crippen molar-refractivity contribution < 1.29 is 5.02 Å². The van der Waals surface area contributed by atoms with E-state index in [0.717, 1.165) is 5.46 Å². The Hall–Kier alpha value is -0.755. The molecule has 0 aromatic heterocycles. The summed E-state index contributed by atoms with van der Waals surface area (Å²) in [6.45, 7) is 4.06. The Balaban J connectivity index is 3.07. The Morgan fingerprint density at radius 2 is 2.00 bits per heavy atom. The third-order valence-corrected chi connectivity index (χ3v) is 1.67. The average Bonchev–Trinajstić information content (AvgIpc) is 1.88. The third kappa shape index (κ3) is 1.39. The molecular weight excluding hydrogens is 123 g/mol. The van der Waals surface area contributed by atoms with Gasteiger partial charge in [-0.1, -0.05) is 34.8 Å². The van der Waals surface area contributed by atoms with E-state index in [1.54, 1.807) is 0 Å². The lowest BCUT2D eigenvalue weighted by molar-refractivity contribution is 0.615. The minimum atomic E-state index is 0.145. The molecule has 1 N–H and O–H groups in total. The first-order valence-corrected chi connectivity index (χ1v) is 3.41. The van der Waals surface area contributed by atoms with Crippen LogP contribution in [0.15, 0.2) is 18.2 Å². The number of hydrogen-bond acceptors (Lipinski definition) is 1. The lowest BCUT2D eigenvalue weighted by atomic mass is 9.84. The molecule has 1 aromatic rings. The molecule has 1 aromatic carbocycles. The van der Waals surface area contributed by atoms with E-state index in [1.807, 2.05) is 26.0 Å². The molecule has 0 fully saturated rings. The van der Waals surface area contributed by atoms with Crippen LogP contribution in [-0.2, 0) is 0 Å². The molecule has 1 rings (SSSR count). The molecule has 0 saturated heterocycles. The van der Waals surface area contributed by atoms with Crippen LogP contribution in [0.25, 0.3) is 0 Å². The van der Waals surface area contributed by atoms with Crippen molar-refractivity contribution in [2.75, 3.05) is 0 Å². The summed E-state index contributed by atoms with van der Waals surface area (Å²) in [7, 11) is 0.145. The Labute approximate surface area is 62.0 Å². The maximum absolute atomic E-state index is 8.81. The van der Waals surface area contributed by atoms with E-state index < -0.39 is 0 Å². The van der Waals surface area contributed by atoms with Gasteiger partial charge in [0.05, 0.1) is 0 Å². The van der Waals surface area contributed by atoms with Gasteiger partial charge in [-0.05, 0) is 13.8 Å². The maximum atomic E-state index is 8.81. The standard InChI is InChI=1S/C8H11BO/c1-6-3-4-8(9-10)7(2)5-6/h3-5,9-10H,1-2H3. The smallest absolute Gasteiger partial charge is 0.305 e. The monoisotopic (exact) mass is 134 g/mol. The van der Waals surface area contributed by atoms with E-state index in [0.29, 0.717) is 0 Å². The van der Waals surface area contributed by atoms with Crippen LogP contribution in [0.5, 0.6) is 0 Å². The van der Waals surface area contributed by atoms with E-state index >= 15 is 0 Å². The molecule has 0 amide bonds. The summed E-state index contributed by atoms with van der Waals surface area (Å²) < 4.78 is 0. The highest BCUT2D eigenvalue weighted by molar-refractivity contribution is 6.46. The largest absolute Gasteiger partial charge is 0.449 e. The molecule has 0 saturated carbocycles. The van der Waals surface area contributed by atoms with E-state index in [2.05, 4.69) is 6.07 Å². The topological polar surface area (TPSA) is 20.2 Å². The molecule has 0 bridgehead atoms. The Kier molecular flexibility index (Phi) is 2.12. The number of rotatable bonds is 1. The molecule has 10 heavy (non-hydrogen) atoms. The normalized spacial score (nSPS) is 9.50. The highest BCUT2D eigenvalue weighted by atomic mass is 16.2. The number of hydrogen-bond donors (Lipinski definition) is 1. The predicted molar refractivity (Wildman–Crippen MR) is 44.9 cm³/mol. The highest BCUT2D eigenvalue weighted by Crippen LogP contribution is 1.98. The second-order valence-electron chi connectivity index (χ2n) is 2.59. The van der Waals surface area contributed by atoms with E-state index in [4.69, 9.17) is 5.02 Å². The zero-order valence-corrected chi connectivity index (χ0v) is 6.39. The molecule has 1 nitrogen and oxygen atoms in total. The summed E-state index contributed by atoms with van der Waals surface area (Å²) in [6.07, 6.45) is 0. The average molecular weight is 134 g/mol. The van der Waals surface area contributed by atoms with Crippen molar-refractivity contribution in [1.29, 1.82) is 0 Å². The Morgan fingerprint density at radius 1 is 1.30 bits per heavy atom. The second kappa shape index (κ2) is 2.89. The van der Waals surface area contributed by atoms with Crippen LogP contribution >= 0.6 is 0 Å². The van der Waals surface area contributed by atoms with Crippen molar-refractivity contribution in [2.24, 2.45) is 0 Å². The van der Waals surface area contributed by atoms with Gasteiger partial charge < -0.3 is 5.02 Å². The molecule has 0 atom stereocenters. The molecule has 0 aliphatic rings. The van der Waals surface area contributed by atoms with Gasteiger partial charge in [-0.15, -0.1) is 0 Å². The van der Waals surface area contributed by atoms with Gasteiger partial charge in [0.15, 0.2) is 0 Å². The van der Waals surface area contributed by atoms with Crippen LogP contribution < -0.4 is 5.46 Å². The Bertz CT molecular complexity index is 233. The van der Waals surface area contributed by atoms with Crippen LogP contribution in [0.3, 0.4) is 0 Å². The minimum Gasteiger partial charge on any atom is -0.449 e. The summed E-state index contributed by atoms with van der Waals surface area (Å²) in [6, 6.07) is 6.05. The number of aryl methyl sites for hydroxylation is 2. The van der Waals surface area contributed by atoms with Crippen LogP contribution in [0, 0.1) is 13.8 Å². The van der Waals surface area contributed by atoms with E-state index in [1.165, 1.54) is 11.1 Å². The fraction of sp³-hybridized carbons (Fsp3) is 0.250. The number of benzene rings is 1. The van der Waals surface area contributed by atoms with Crippen molar-refractivity contribution in [3.63, 3.8) is 0 Å². The van der Waals surface area contributed by atoms with Gasteiger partial charge in [-0.2, -0.15) is 0 Å². The molecule has 0 aliphatic heterocycles. The van der Waals surface area contributed by atoms with Crippen molar-refractivity contribution in [3.05, 3.63) is 29.3 Å². The van der Waals surface area contributed by atoms with Crippen LogP contribution in [0.2, 0.25) is 0 Å². The van der Waals surface area contributed by atoms with Crippen LogP contribution in [0.1, 0.15) is 11.1 Å². The predicted octanol–water partition coefficient (Wildman–Crippen LogP) is 0.273. The van der Waals surface area contributed by atoms with Crippen molar-refractivity contribution >= 4 is 12.9 Å². The Morgan fingerprint density at radius 3 is 2.50 bits per heavy atom. The fourth-order valence-electron chi connectivity index (χ4n) is 1.02.